The molecule has 1 aliphatic rings. The van der Waals surface area contributed by atoms with Gasteiger partial charge in [-0.2, -0.15) is 0 Å². The Morgan fingerprint density at radius 3 is 2.84 bits per heavy atom. The first-order valence-corrected chi connectivity index (χ1v) is 8.23. The summed E-state index contributed by atoms with van der Waals surface area (Å²) in [4.78, 5) is 9.36. The molecule has 1 unspecified atom stereocenters. The van der Waals surface area contributed by atoms with Crippen LogP contribution in [0, 0.1) is 3.57 Å². The van der Waals surface area contributed by atoms with Gasteiger partial charge in [-0.25, -0.2) is 9.97 Å². The normalized spacial score (nSPS) is 18.8. The first-order valence-electron chi connectivity index (χ1n) is 7.15. The van der Waals surface area contributed by atoms with Gasteiger partial charge in [0.15, 0.2) is 0 Å². The van der Waals surface area contributed by atoms with Crippen molar-refractivity contribution in [3.63, 3.8) is 0 Å². The number of aryl methyl sites for hydroxylation is 1. The summed E-state index contributed by atoms with van der Waals surface area (Å²) in [5, 5.41) is 3.40. The summed E-state index contributed by atoms with van der Waals surface area (Å²) in [6.45, 7) is 6.14. The van der Waals surface area contributed by atoms with Crippen LogP contribution in [-0.2, 0) is 17.6 Å². The highest BCUT2D eigenvalue weighted by atomic mass is 127. The van der Waals surface area contributed by atoms with Crippen LogP contribution < -0.4 is 5.32 Å². The van der Waals surface area contributed by atoms with E-state index in [0.717, 1.165) is 66.2 Å². The van der Waals surface area contributed by atoms with Crippen LogP contribution in [-0.4, -0.2) is 29.2 Å². The van der Waals surface area contributed by atoms with Crippen molar-refractivity contribution in [3.8, 4) is 0 Å². The lowest BCUT2D eigenvalue weighted by Crippen LogP contribution is -2.15. The van der Waals surface area contributed by atoms with Gasteiger partial charge in [-0.15, -0.1) is 0 Å². The first kappa shape index (κ1) is 15.0. The molecule has 1 fully saturated rings. The molecule has 0 amide bonds. The van der Waals surface area contributed by atoms with E-state index in [1.165, 1.54) is 0 Å². The first-order chi connectivity index (χ1) is 9.24. The SMILES string of the molecule is CCCNc1nc(CC2CCCO2)nc(CC)c1I. The predicted octanol–water partition coefficient (Wildman–Crippen LogP) is 3.19. The number of halogens is 1. The maximum Gasteiger partial charge on any atom is 0.143 e. The van der Waals surface area contributed by atoms with Gasteiger partial charge in [-0.3, -0.25) is 0 Å². The van der Waals surface area contributed by atoms with Crippen LogP contribution in [0.25, 0.3) is 0 Å². The van der Waals surface area contributed by atoms with Crippen molar-refractivity contribution < 1.29 is 4.74 Å². The maximum atomic E-state index is 5.68. The van der Waals surface area contributed by atoms with E-state index in [4.69, 9.17) is 4.74 Å². The summed E-state index contributed by atoms with van der Waals surface area (Å²) in [6.07, 6.45) is 5.49. The molecule has 0 radical (unpaired) electrons. The molecule has 5 heteroatoms. The van der Waals surface area contributed by atoms with Crippen LogP contribution >= 0.6 is 22.6 Å². The van der Waals surface area contributed by atoms with E-state index < -0.39 is 0 Å². The molecule has 1 N–H and O–H groups in total. The van der Waals surface area contributed by atoms with Gasteiger partial charge in [0.05, 0.1) is 15.4 Å². The van der Waals surface area contributed by atoms with Crippen molar-refractivity contribution in [1.82, 2.24) is 9.97 Å². The molecule has 19 heavy (non-hydrogen) atoms. The van der Waals surface area contributed by atoms with E-state index in [-0.39, 0.29) is 0 Å². The molecule has 0 saturated carbocycles. The van der Waals surface area contributed by atoms with Gasteiger partial charge in [-0.05, 0) is 48.3 Å². The van der Waals surface area contributed by atoms with Crippen molar-refractivity contribution in [2.24, 2.45) is 0 Å². The lowest BCUT2D eigenvalue weighted by Gasteiger charge is -2.14. The highest BCUT2D eigenvalue weighted by molar-refractivity contribution is 14.1. The smallest absolute Gasteiger partial charge is 0.143 e. The van der Waals surface area contributed by atoms with Crippen molar-refractivity contribution in [3.05, 3.63) is 15.1 Å². The highest BCUT2D eigenvalue weighted by Crippen LogP contribution is 2.22. The summed E-state index contributed by atoms with van der Waals surface area (Å²) >= 11 is 2.34. The molecule has 1 saturated heterocycles. The zero-order chi connectivity index (χ0) is 13.7. The monoisotopic (exact) mass is 375 g/mol. The van der Waals surface area contributed by atoms with E-state index in [2.05, 4.69) is 51.7 Å². The van der Waals surface area contributed by atoms with Gasteiger partial charge in [-0.1, -0.05) is 13.8 Å². The van der Waals surface area contributed by atoms with Crippen molar-refractivity contribution in [2.45, 2.75) is 52.1 Å². The highest BCUT2D eigenvalue weighted by Gasteiger charge is 2.19. The van der Waals surface area contributed by atoms with E-state index in [0.29, 0.717) is 6.10 Å². The van der Waals surface area contributed by atoms with Crippen LogP contribution in [0.5, 0.6) is 0 Å². The zero-order valence-corrected chi connectivity index (χ0v) is 13.9. The molecule has 106 valence electrons. The van der Waals surface area contributed by atoms with Crippen molar-refractivity contribution in [1.29, 1.82) is 0 Å². The number of nitrogens with one attached hydrogen (secondary N) is 1. The number of aromatic nitrogens is 2. The average molecular weight is 375 g/mol. The Morgan fingerprint density at radius 1 is 1.37 bits per heavy atom. The van der Waals surface area contributed by atoms with Gasteiger partial charge < -0.3 is 10.1 Å². The lowest BCUT2D eigenvalue weighted by molar-refractivity contribution is 0.110. The fourth-order valence-electron chi connectivity index (χ4n) is 2.24. The molecule has 0 aromatic carbocycles. The minimum atomic E-state index is 0.309. The summed E-state index contributed by atoms with van der Waals surface area (Å²) in [7, 11) is 0. The van der Waals surface area contributed by atoms with Gasteiger partial charge in [0.25, 0.3) is 0 Å². The Bertz CT molecular complexity index is 419. The van der Waals surface area contributed by atoms with Gasteiger partial charge in [0.1, 0.15) is 11.6 Å². The second-order valence-electron chi connectivity index (χ2n) is 4.87. The second kappa shape index (κ2) is 7.38. The topological polar surface area (TPSA) is 47.0 Å². The minimum absolute atomic E-state index is 0.309. The van der Waals surface area contributed by atoms with E-state index in [1.54, 1.807) is 0 Å². The average Bonchev–Trinajstić information content (AvgIpc) is 2.91. The molecular formula is C14H22IN3O. The number of anilines is 1. The summed E-state index contributed by atoms with van der Waals surface area (Å²) in [5.41, 5.74) is 1.14. The molecular weight excluding hydrogens is 353 g/mol. The summed E-state index contributed by atoms with van der Waals surface area (Å²) < 4.78 is 6.84. The van der Waals surface area contributed by atoms with Crippen LogP contribution in [0.2, 0.25) is 0 Å². The summed E-state index contributed by atoms with van der Waals surface area (Å²) in [5.74, 6) is 1.91. The van der Waals surface area contributed by atoms with Crippen LogP contribution in [0.15, 0.2) is 0 Å². The van der Waals surface area contributed by atoms with Gasteiger partial charge in [0, 0.05) is 19.6 Å². The molecule has 2 heterocycles. The van der Waals surface area contributed by atoms with Crippen LogP contribution in [0.3, 0.4) is 0 Å². The molecule has 1 atom stereocenters. The molecule has 0 bridgehead atoms. The quantitative estimate of drug-likeness (QED) is 0.776. The van der Waals surface area contributed by atoms with E-state index >= 15 is 0 Å². The third kappa shape index (κ3) is 4.02. The Morgan fingerprint density at radius 2 is 2.21 bits per heavy atom. The standard InChI is InChI=1S/C14H22IN3O/c1-3-7-16-14-13(15)11(4-2)17-12(18-14)9-10-6-5-8-19-10/h10H,3-9H2,1-2H3,(H,16,17,18). The number of rotatable bonds is 6. The fourth-order valence-corrected chi connectivity index (χ4v) is 3.05. The predicted molar refractivity (Wildman–Crippen MR) is 85.6 cm³/mol. The summed E-state index contributed by atoms with van der Waals surface area (Å²) in [6, 6.07) is 0. The molecule has 0 aliphatic carbocycles. The number of ether oxygens (including phenoxy) is 1. The molecule has 1 aromatic rings. The van der Waals surface area contributed by atoms with Gasteiger partial charge >= 0.3 is 0 Å². The fraction of sp³-hybridized carbons (Fsp3) is 0.714. The lowest BCUT2D eigenvalue weighted by atomic mass is 10.1. The van der Waals surface area contributed by atoms with Crippen LogP contribution in [0.4, 0.5) is 5.82 Å². The molecule has 1 aromatic heterocycles. The Hall–Kier alpha value is -0.430. The Kier molecular flexibility index (Phi) is 5.81. The second-order valence-corrected chi connectivity index (χ2v) is 5.95. The maximum absolute atomic E-state index is 5.68. The zero-order valence-electron chi connectivity index (χ0n) is 11.7. The van der Waals surface area contributed by atoms with E-state index in [1.807, 2.05) is 0 Å². The minimum Gasteiger partial charge on any atom is -0.378 e. The Labute approximate surface area is 128 Å². The molecule has 1 aliphatic heterocycles. The molecule has 0 spiro atoms. The number of nitrogens with zero attached hydrogens (tertiary/aromatic N) is 2. The van der Waals surface area contributed by atoms with Crippen LogP contribution in [0.1, 0.15) is 44.6 Å². The number of hydrogen-bond acceptors (Lipinski definition) is 4. The largest absolute Gasteiger partial charge is 0.378 e. The Balaban J connectivity index is 2.17. The van der Waals surface area contributed by atoms with Crippen molar-refractivity contribution in [2.75, 3.05) is 18.5 Å². The van der Waals surface area contributed by atoms with Gasteiger partial charge in [0.2, 0.25) is 0 Å². The number of hydrogen-bond donors (Lipinski definition) is 1. The molecule has 2 rings (SSSR count). The molecule has 4 nitrogen and oxygen atoms in total. The van der Waals surface area contributed by atoms with Crippen molar-refractivity contribution >= 4 is 28.4 Å². The van der Waals surface area contributed by atoms with E-state index in [9.17, 15) is 0 Å². The third-order valence-electron chi connectivity index (χ3n) is 3.28. The third-order valence-corrected chi connectivity index (χ3v) is 4.41.